The SMILES string of the molecule is O=C(O)COCCOCCOCCOCCOCCOCC(F)CN(Cc1ccccc1)Cc1ccccc1. The van der Waals surface area contributed by atoms with Crippen molar-refractivity contribution < 1.29 is 42.7 Å². The first-order chi connectivity index (χ1) is 19.1. The van der Waals surface area contributed by atoms with E-state index in [9.17, 15) is 9.18 Å². The van der Waals surface area contributed by atoms with Crippen LogP contribution in [0.2, 0.25) is 0 Å². The highest BCUT2D eigenvalue weighted by molar-refractivity contribution is 5.67. The lowest BCUT2D eigenvalue weighted by Crippen LogP contribution is -2.32. The van der Waals surface area contributed by atoms with Crippen LogP contribution in [-0.2, 0) is 46.3 Å². The predicted octanol–water partition coefficient (Wildman–Crippen LogP) is 3.21. The van der Waals surface area contributed by atoms with Gasteiger partial charge in [0.2, 0.25) is 0 Å². The molecular formula is C29H42FNO8. The van der Waals surface area contributed by atoms with Gasteiger partial charge in [0, 0.05) is 19.6 Å². The standard InChI is InChI=1S/C29H42FNO8/c30-28(23-31(21-26-7-3-1-4-8-26)22-27-9-5-2-6-10-27)24-38-19-17-36-15-13-34-11-12-35-14-16-37-18-20-39-25-29(32)33/h1-10,28H,11-25H2,(H,32,33). The molecule has 0 aliphatic rings. The summed E-state index contributed by atoms with van der Waals surface area (Å²) in [5, 5.41) is 8.43. The van der Waals surface area contributed by atoms with Gasteiger partial charge in [-0.1, -0.05) is 60.7 Å². The van der Waals surface area contributed by atoms with Crippen molar-refractivity contribution in [2.45, 2.75) is 19.3 Å². The van der Waals surface area contributed by atoms with Gasteiger partial charge in [-0.15, -0.1) is 0 Å². The third kappa shape index (κ3) is 18.5. The third-order valence-electron chi connectivity index (χ3n) is 5.34. The van der Waals surface area contributed by atoms with Gasteiger partial charge in [0.15, 0.2) is 0 Å². The number of hydrogen-bond donors (Lipinski definition) is 1. The van der Waals surface area contributed by atoms with Gasteiger partial charge in [-0.2, -0.15) is 0 Å². The van der Waals surface area contributed by atoms with E-state index in [-0.39, 0.29) is 26.4 Å². The number of carboxylic acids is 1. The van der Waals surface area contributed by atoms with Gasteiger partial charge in [-0.25, -0.2) is 9.18 Å². The van der Waals surface area contributed by atoms with Crippen LogP contribution in [0.3, 0.4) is 0 Å². The number of carbonyl (C=O) groups is 1. The normalized spacial score (nSPS) is 12.2. The highest BCUT2D eigenvalue weighted by atomic mass is 19.1. The zero-order valence-corrected chi connectivity index (χ0v) is 22.6. The Hall–Kier alpha value is -2.44. The minimum absolute atomic E-state index is 0.0242. The molecule has 0 bridgehead atoms. The number of hydrogen-bond acceptors (Lipinski definition) is 8. The van der Waals surface area contributed by atoms with Gasteiger partial charge in [-0.05, 0) is 11.1 Å². The van der Waals surface area contributed by atoms with Crippen molar-refractivity contribution >= 4 is 5.97 Å². The maximum absolute atomic E-state index is 14.7. The molecule has 2 rings (SSSR count). The molecule has 0 fully saturated rings. The smallest absolute Gasteiger partial charge is 0.329 e. The van der Waals surface area contributed by atoms with Crippen LogP contribution in [0.15, 0.2) is 60.7 Å². The first-order valence-electron chi connectivity index (χ1n) is 13.3. The number of carboxylic acid groups (broad SMARTS) is 1. The average Bonchev–Trinajstić information content (AvgIpc) is 2.93. The van der Waals surface area contributed by atoms with Crippen LogP contribution in [0.25, 0.3) is 0 Å². The molecule has 2 aromatic rings. The van der Waals surface area contributed by atoms with Gasteiger partial charge in [-0.3, -0.25) is 4.90 Å². The van der Waals surface area contributed by atoms with Crippen LogP contribution in [0, 0.1) is 0 Å². The largest absolute Gasteiger partial charge is 0.480 e. The van der Waals surface area contributed by atoms with E-state index in [1.54, 1.807) is 0 Å². The Morgan fingerprint density at radius 2 is 1.03 bits per heavy atom. The first-order valence-corrected chi connectivity index (χ1v) is 13.3. The zero-order chi connectivity index (χ0) is 27.8. The van der Waals surface area contributed by atoms with Crippen LogP contribution < -0.4 is 0 Å². The third-order valence-corrected chi connectivity index (χ3v) is 5.34. The van der Waals surface area contributed by atoms with E-state index in [1.807, 2.05) is 36.4 Å². The lowest BCUT2D eigenvalue weighted by Gasteiger charge is -2.24. The Labute approximate surface area is 230 Å². The Morgan fingerprint density at radius 1 is 0.641 bits per heavy atom. The van der Waals surface area contributed by atoms with Crippen molar-refractivity contribution in [1.82, 2.24) is 4.90 Å². The van der Waals surface area contributed by atoms with E-state index >= 15 is 0 Å². The summed E-state index contributed by atoms with van der Waals surface area (Å²) in [6.45, 7) is 5.12. The van der Waals surface area contributed by atoms with Crippen molar-refractivity contribution in [3.63, 3.8) is 0 Å². The second-order valence-corrected chi connectivity index (χ2v) is 8.71. The molecule has 9 nitrogen and oxygen atoms in total. The molecule has 0 aliphatic carbocycles. The minimum Gasteiger partial charge on any atom is -0.480 e. The Bertz CT molecular complexity index is 804. The lowest BCUT2D eigenvalue weighted by atomic mass is 10.1. The van der Waals surface area contributed by atoms with Crippen molar-refractivity contribution in [2.75, 3.05) is 85.8 Å². The minimum atomic E-state index is -1.10. The van der Waals surface area contributed by atoms with Crippen molar-refractivity contribution in [2.24, 2.45) is 0 Å². The van der Waals surface area contributed by atoms with Gasteiger partial charge >= 0.3 is 5.97 Å². The summed E-state index contributed by atoms with van der Waals surface area (Å²) in [7, 11) is 0. The molecule has 1 N–H and O–H groups in total. The molecule has 0 amide bonds. The van der Waals surface area contributed by atoms with E-state index in [0.29, 0.717) is 72.6 Å². The molecular weight excluding hydrogens is 509 g/mol. The molecule has 2 aromatic carbocycles. The molecule has 10 heteroatoms. The maximum Gasteiger partial charge on any atom is 0.329 e. The van der Waals surface area contributed by atoms with Crippen LogP contribution in [0.1, 0.15) is 11.1 Å². The van der Waals surface area contributed by atoms with E-state index in [4.69, 9.17) is 33.5 Å². The number of nitrogens with zero attached hydrogens (tertiary/aromatic N) is 1. The first kappa shape index (κ1) is 32.8. The molecule has 0 radical (unpaired) electrons. The second-order valence-electron chi connectivity index (χ2n) is 8.71. The zero-order valence-electron chi connectivity index (χ0n) is 22.6. The molecule has 0 saturated carbocycles. The predicted molar refractivity (Wildman–Crippen MR) is 144 cm³/mol. The van der Waals surface area contributed by atoms with E-state index in [1.165, 1.54) is 0 Å². The summed E-state index contributed by atoms with van der Waals surface area (Å²) in [4.78, 5) is 12.4. The summed E-state index contributed by atoms with van der Waals surface area (Å²) < 4.78 is 46.6. The van der Waals surface area contributed by atoms with Crippen LogP contribution in [0.4, 0.5) is 4.39 Å². The monoisotopic (exact) mass is 551 g/mol. The molecule has 0 aliphatic heterocycles. The van der Waals surface area contributed by atoms with Gasteiger partial charge in [0.05, 0.1) is 72.7 Å². The van der Waals surface area contributed by atoms with E-state index < -0.39 is 12.1 Å². The molecule has 218 valence electrons. The lowest BCUT2D eigenvalue weighted by molar-refractivity contribution is -0.142. The number of benzene rings is 2. The summed E-state index contributed by atoms with van der Waals surface area (Å²) in [5.41, 5.74) is 2.30. The summed E-state index contributed by atoms with van der Waals surface area (Å²) in [5.74, 6) is -1.00. The topological polar surface area (TPSA) is 95.9 Å². The molecule has 1 unspecified atom stereocenters. The van der Waals surface area contributed by atoms with Crippen molar-refractivity contribution in [3.05, 3.63) is 71.8 Å². The van der Waals surface area contributed by atoms with Crippen LogP contribution >= 0.6 is 0 Å². The Balaban J connectivity index is 1.43. The number of ether oxygens (including phenoxy) is 6. The Morgan fingerprint density at radius 3 is 1.44 bits per heavy atom. The number of aliphatic carboxylic acids is 1. The molecule has 1 atom stereocenters. The maximum atomic E-state index is 14.7. The van der Waals surface area contributed by atoms with Gasteiger partial charge in [0.25, 0.3) is 0 Å². The fourth-order valence-electron chi connectivity index (χ4n) is 3.57. The summed E-state index contributed by atoms with van der Waals surface area (Å²) in [6.07, 6.45) is -1.10. The van der Waals surface area contributed by atoms with Crippen LogP contribution in [-0.4, -0.2) is 108 Å². The highest BCUT2D eigenvalue weighted by Crippen LogP contribution is 2.12. The van der Waals surface area contributed by atoms with Gasteiger partial charge in [0.1, 0.15) is 12.8 Å². The molecule has 0 saturated heterocycles. The average molecular weight is 552 g/mol. The quantitative estimate of drug-likeness (QED) is 0.187. The highest BCUT2D eigenvalue weighted by Gasteiger charge is 2.15. The molecule has 0 heterocycles. The number of halogens is 1. The summed E-state index contributed by atoms with van der Waals surface area (Å²) >= 11 is 0. The van der Waals surface area contributed by atoms with Crippen molar-refractivity contribution in [1.29, 1.82) is 0 Å². The fourth-order valence-corrected chi connectivity index (χ4v) is 3.57. The molecule has 0 aromatic heterocycles. The molecule has 39 heavy (non-hydrogen) atoms. The number of alkyl halides is 1. The van der Waals surface area contributed by atoms with Gasteiger partial charge < -0.3 is 33.5 Å². The van der Waals surface area contributed by atoms with Crippen LogP contribution in [0.5, 0.6) is 0 Å². The fraction of sp³-hybridized carbons (Fsp3) is 0.552. The Kier molecular flexibility index (Phi) is 18.8. The number of rotatable bonds is 25. The summed E-state index contributed by atoms with van der Waals surface area (Å²) in [6, 6.07) is 20.2. The van der Waals surface area contributed by atoms with Crippen molar-refractivity contribution in [3.8, 4) is 0 Å². The second kappa shape index (κ2) is 22.4. The molecule has 0 spiro atoms. The van der Waals surface area contributed by atoms with E-state index in [0.717, 1.165) is 11.1 Å². The van der Waals surface area contributed by atoms with E-state index in [2.05, 4.69) is 29.2 Å².